The number of amides is 1. The number of carbonyl (C=O) groups is 1. The molecule has 0 fully saturated rings. The predicted molar refractivity (Wildman–Crippen MR) is 82.7 cm³/mol. The van der Waals surface area contributed by atoms with Gasteiger partial charge in [0.2, 0.25) is 5.91 Å². The molecule has 1 aromatic heterocycles. The van der Waals surface area contributed by atoms with Crippen LogP contribution in [0.4, 0.5) is 11.4 Å². The summed E-state index contributed by atoms with van der Waals surface area (Å²) in [7, 11) is 0. The van der Waals surface area contributed by atoms with Crippen molar-refractivity contribution in [3.63, 3.8) is 0 Å². The van der Waals surface area contributed by atoms with Gasteiger partial charge in [0, 0.05) is 24.2 Å². The van der Waals surface area contributed by atoms with Crippen LogP contribution in [0.5, 0.6) is 5.75 Å². The Bertz CT molecular complexity index is 729. The molecule has 1 amide bonds. The van der Waals surface area contributed by atoms with Crippen molar-refractivity contribution >= 4 is 33.2 Å². The molecule has 1 heterocycles. The maximum Gasteiger partial charge on any atom is 0.271 e. The van der Waals surface area contributed by atoms with Gasteiger partial charge in [0.15, 0.2) is 0 Å². The Morgan fingerprint density at radius 3 is 2.86 bits per heavy atom. The van der Waals surface area contributed by atoms with Gasteiger partial charge in [-0.15, -0.1) is 0 Å². The van der Waals surface area contributed by atoms with Crippen LogP contribution in [-0.4, -0.2) is 25.7 Å². The van der Waals surface area contributed by atoms with E-state index in [0.29, 0.717) is 6.54 Å². The number of benzene rings is 1. The largest absolute Gasteiger partial charge is 0.506 e. The molecule has 0 aliphatic heterocycles. The van der Waals surface area contributed by atoms with E-state index in [1.807, 2.05) is 6.92 Å². The molecule has 2 rings (SSSR count). The fourth-order valence-corrected chi connectivity index (χ4v) is 2.10. The Morgan fingerprint density at radius 1 is 1.55 bits per heavy atom. The summed E-state index contributed by atoms with van der Waals surface area (Å²) < 4.78 is 2.51. The molecule has 0 unspecified atom stereocenters. The number of hydrogen-bond donors (Lipinski definition) is 2. The minimum Gasteiger partial charge on any atom is -0.506 e. The molecule has 2 aromatic rings. The van der Waals surface area contributed by atoms with E-state index in [1.54, 1.807) is 10.9 Å². The molecule has 0 saturated heterocycles. The van der Waals surface area contributed by atoms with Gasteiger partial charge in [0.1, 0.15) is 5.75 Å². The first-order valence-corrected chi connectivity index (χ1v) is 7.13. The first kappa shape index (κ1) is 16.0. The number of aryl methyl sites for hydroxylation is 1. The monoisotopic (exact) mass is 368 g/mol. The number of halogens is 1. The van der Waals surface area contributed by atoms with E-state index >= 15 is 0 Å². The normalized spacial score (nSPS) is 10.5. The fraction of sp³-hybridized carbons (Fsp3) is 0.231. The second kappa shape index (κ2) is 6.56. The van der Waals surface area contributed by atoms with Gasteiger partial charge in [0.25, 0.3) is 5.69 Å². The summed E-state index contributed by atoms with van der Waals surface area (Å²) in [5, 5.41) is 26.9. The van der Waals surface area contributed by atoms with Crippen LogP contribution in [0.3, 0.4) is 0 Å². The number of phenols is 1. The molecule has 0 saturated carbocycles. The summed E-state index contributed by atoms with van der Waals surface area (Å²) in [4.78, 5) is 22.0. The number of anilines is 1. The van der Waals surface area contributed by atoms with E-state index in [1.165, 1.54) is 6.07 Å². The Kier molecular flexibility index (Phi) is 4.76. The zero-order valence-electron chi connectivity index (χ0n) is 11.6. The molecule has 2 N–H and O–H groups in total. The van der Waals surface area contributed by atoms with Crippen LogP contribution < -0.4 is 5.32 Å². The van der Waals surface area contributed by atoms with E-state index in [-0.39, 0.29) is 29.5 Å². The predicted octanol–water partition coefficient (Wildman–Crippen LogP) is 2.60. The smallest absolute Gasteiger partial charge is 0.271 e. The van der Waals surface area contributed by atoms with Gasteiger partial charge >= 0.3 is 0 Å². The topological polar surface area (TPSA) is 110 Å². The molecule has 0 radical (unpaired) electrons. The Hall–Kier alpha value is -2.42. The Labute approximate surface area is 134 Å². The number of nitro benzene ring substituents is 1. The summed E-state index contributed by atoms with van der Waals surface area (Å²) in [6, 6.07) is 3.45. The van der Waals surface area contributed by atoms with Crippen molar-refractivity contribution in [2.45, 2.75) is 19.9 Å². The summed E-state index contributed by atoms with van der Waals surface area (Å²) in [5.41, 5.74) is 0.698. The molecule has 22 heavy (non-hydrogen) atoms. The SMILES string of the molecule is Cc1c(Br)cnn1CCC(=O)Nc1cc([N+](=O)[O-])ccc1O. The van der Waals surface area contributed by atoms with Crippen molar-refractivity contribution in [2.75, 3.05) is 5.32 Å². The minimum atomic E-state index is -0.597. The molecule has 0 aliphatic carbocycles. The number of rotatable bonds is 5. The van der Waals surface area contributed by atoms with Gasteiger partial charge in [-0.3, -0.25) is 19.6 Å². The number of aromatic nitrogens is 2. The zero-order chi connectivity index (χ0) is 16.3. The van der Waals surface area contributed by atoms with E-state index in [9.17, 15) is 20.0 Å². The van der Waals surface area contributed by atoms with Crippen LogP contribution in [0.25, 0.3) is 0 Å². The van der Waals surface area contributed by atoms with Gasteiger partial charge in [0.05, 0.1) is 27.8 Å². The maximum absolute atomic E-state index is 11.9. The lowest BCUT2D eigenvalue weighted by Gasteiger charge is -2.08. The maximum atomic E-state index is 11.9. The van der Waals surface area contributed by atoms with E-state index in [2.05, 4.69) is 26.3 Å². The minimum absolute atomic E-state index is 0.0116. The molecule has 8 nitrogen and oxygen atoms in total. The van der Waals surface area contributed by atoms with E-state index < -0.39 is 4.92 Å². The van der Waals surface area contributed by atoms with Crippen LogP contribution in [0.2, 0.25) is 0 Å². The van der Waals surface area contributed by atoms with Crippen LogP contribution in [-0.2, 0) is 11.3 Å². The molecule has 1 aromatic carbocycles. The van der Waals surface area contributed by atoms with Crippen molar-refractivity contribution in [2.24, 2.45) is 0 Å². The lowest BCUT2D eigenvalue weighted by molar-refractivity contribution is -0.384. The first-order chi connectivity index (χ1) is 10.4. The number of hydrogen-bond acceptors (Lipinski definition) is 5. The average Bonchev–Trinajstić information content (AvgIpc) is 2.78. The first-order valence-electron chi connectivity index (χ1n) is 6.33. The highest BCUT2D eigenvalue weighted by Gasteiger charge is 2.13. The average molecular weight is 369 g/mol. The number of aromatic hydroxyl groups is 1. The second-order valence-electron chi connectivity index (χ2n) is 4.56. The highest BCUT2D eigenvalue weighted by atomic mass is 79.9. The Morgan fingerprint density at radius 2 is 2.27 bits per heavy atom. The van der Waals surface area contributed by atoms with Gasteiger partial charge in [-0.1, -0.05) is 0 Å². The molecule has 0 atom stereocenters. The molecular weight excluding hydrogens is 356 g/mol. The molecule has 0 bridgehead atoms. The van der Waals surface area contributed by atoms with Gasteiger partial charge in [-0.25, -0.2) is 0 Å². The van der Waals surface area contributed by atoms with Gasteiger partial charge < -0.3 is 10.4 Å². The van der Waals surface area contributed by atoms with Crippen molar-refractivity contribution in [1.29, 1.82) is 0 Å². The lowest BCUT2D eigenvalue weighted by Crippen LogP contribution is -2.15. The number of non-ortho nitro benzene ring substituents is 1. The number of carbonyl (C=O) groups excluding carboxylic acids is 1. The van der Waals surface area contributed by atoms with Gasteiger partial charge in [-0.05, 0) is 28.9 Å². The third-order valence-electron chi connectivity index (χ3n) is 3.06. The summed E-state index contributed by atoms with van der Waals surface area (Å²) in [6.45, 7) is 2.22. The second-order valence-corrected chi connectivity index (χ2v) is 5.41. The van der Waals surface area contributed by atoms with Crippen LogP contribution >= 0.6 is 15.9 Å². The summed E-state index contributed by atoms with van der Waals surface area (Å²) in [6.07, 6.45) is 1.76. The third-order valence-corrected chi connectivity index (χ3v) is 3.84. The highest BCUT2D eigenvalue weighted by molar-refractivity contribution is 9.10. The number of nitro groups is 1. The lowest BCUT2D eigenvalue weighted by atomic mass is 10.2. The van der Waals surface area contributed by atoms with Crippen molar-refractivity contribution in [3.8, 4) is 5.75 Å². The highest BCUT2D eigenvalue weighted by Crippen LogP contribution is 2.27. The van der Waals surface area contributed by atoms with Crippen molar-refractivity contribution in [3.05, 3.63) is 44.7 Å². The van der Waals surface area contributed by atoms with Crippen molar-refractivity contribution < 1.29 is 14.8 Å². The Balaban J connectivity index is 2.01. The summed E-state index contributed by atoms with van der Waals surface area (Å²) in [5.74, 6) is -0.598. The molecule has 9 heteroatoms. The number of phenolic OH excluding ortho intramolecular Hbond substituents is 1. The van der Waals surface area contributed by atoms with Crippen LogP contribution in [0.15, 0.2) is 28.9 Å². The third kappa shape index (κ3) is 3.61. The van der Waals surface area contributed by atoms with Crippen molar-refractivity contribution in [1.82, 2.24) is 9.78 Å². The number of nitrogens with one attached hydrogen (secondary N) is 1. The standard InChI is InChI=1S/C13H13BrN4O4/c1-8-10(14)7-15-17(8)5-4-13(20)16-11-6-9(18(21)22)2-3-12(11)19/h2-3,6-7,19H,4-5H2,1H3,(H,16,20). The van der Waals surface area contributed by atoms with Gasteiger partial charge in [-0.2, -0.15) is 5.10 Å². The van der Waals surface area contributed by atoms with Crippen LogP contribution in [0, 0.1) is 17.0 Å². The van der Waals surface area contributed by atoms with Crippen LogP contribution in [0.1, 0.15) is 12.1 Å². The molecular formula is C13H13BrN4O4. The fourth-order valence-electron chi connectivity index (χ4n) is 1.81. The van der Waals surface area contributed by atoms with E-state index in [0.717, 1.165) is 22.3 Å². The zero-order valence-corrected chi connectivity index (χ0v) is 13.2. The molecule has 0 aliphatic rings. The molecule has 0 spiro atoms. The van der Waals surface area contributed by atoms with E-state index in [4.69, 9.17) is 0 Å². The molecule has 116 valence electrons. The summed E-state index contributed by atoms with van der Waals surface area (Å²) >= 11 is 3.33. The number of nitrogens with zero attached hydrogens (tertiary/aromatic N) is 3. The quantitative estimate of drug-likeness (QED) is 0.478.